The van der Waals surface area contributed by atoms with Crippen LogP contribution in [0.2, 0.25) is 18.1 Å². The summed E-state index contributed by atoms with van der Waals surface area (Å²) in [6.45, 7) is 23.1. The van der Waals surface area contributed by atoms with E-state index in [1.54, 1.807) is 0 Å². The Morgan fingerprint density at radius 2 is 1.74 bits per heavy atom. The minimum atomic E-state index is -1.84. The maximum atomic E-state index is 13.6. The number of hydrogen-bond donors (Lipinski definition) is 1. The first-order chi connectivity index (χ1) is 16.1. The number of rotatable bonds is 4. The molecule has 35 heavy (non-hydrogen) atoms. The Labute approximate surface area is 217 Å². The molecule has 1 fully saturated rings. The van der Waals surface area contributed by atoms with E-state index in [0.29, 0.717) is 24.0 Å². The lowest BCUT2D eigenvalue weighted by molar-refractivity contribution is -0.126. The number of carbonyl (C=O) groups excluding carboxylic acids is 1. The molecule has 200 valence electrons. The molecule has 0 saturated heterocycles. The average molecular weight is 503 g/mol. The molecule has 0 bridgehead atoms. The predicted octanol–water partition coefficient (Wildman–Crippen LogP) is 8.41. The molecule has 2 rings (SSSR count). The molecule has 1 N–H and O–H groups in total. The quantitative estimate of drug-likeness (QED) is 0.310. The van der Waals surface area contributed by atoms with Crippen LogP contribution in [0.1, 0.15) is 100 Å². The zero-order valence-electron chi connectivity index (χ0n) is 24.5. The largest absolute Gasteiger partial charge is 0.417 e. The first kappa shape index (κ1) is 30.3. The van der Waals surface area contributed by atoms with Crippen molar-refractivity contribution in [2.45, 2.75) is 125 Å². The average Bonchev–Trinajstić information content (AvgIpc) is 3.01. The summed E-state index contributed by atoms with van der Waals surface area (Å²) in [7, 11) is -1.84. The van der Waals surface area contributed by atoms with Crippen molar-refractivity contribution in [3.05, 3.63) is 34.9 Å². The molecule has 0 aromatic carbocycles. The lowest BCUT2D eigenvalue weighted by atomic mass is 9.69. The van der Waals surface area contributed by atoms with Gasteiger partial charge in [0, 0.05) is 18.4 Å². The van der Waals surface area contributed by atoms with E-state index in [1.807, 2.05) is 0 Å². The molecular formula is C31H54O3Si. The van der Waals surface area contributed by atoms with E-state index in [0.717, 1.165) is 50.7 Å². The summed E-state index contributed by atoms with van der Waals surface area (Å²) in [5.41, 5.74) is 3.42. The molecule has 0 aromatic heterocycles. The lowest BCUT2D eigenvalue weighted by Crippen LogP contribution is -2.42. The Kier molecular flexibility index (Phi) is 10.4. The third-order valence-electron chi connectivity index (χ3n) is 9.57. The molecule has 0 amide bonds. The number of ketones is 1. The molecular weight excluding hydrogens is 448 g/mol. The topological polar surface area (TPSA) is 46.5 Å². The van der Waals surface area contributed by atoms with E-state index >= 15 is 0 Å². The van der Waals surface area contributed by atoms with Gasteiger partial charge >= 0.3 is 0 Å². The predicted molar refractivity (Wildman–Crippen MR) is 152 cm³/mol. The number of Topliss-reactive ketones (excluding diaryl/α,β-unsaturated/α-hetero) is 1. The van der Waals surface area contributed by atoms with Crippen molar-refractivity contribution < 1.29 is 14.3 Å². The molecule has 2 aliphatic carbocycles. The number of carbonyl (C=O) groups is 1. The molecule has 0 unspecified atom stereocenters. The second-order valence-electron chi connectivity index (χ2n) is 13.4. The minimum absolute atomic E-state index is 0.182. The normalized spacial score (nSPS) is 35.5. The van der Waals surface area contributed by atoms with Gasteiger partial charge in [-0.05, 0) is 101 Å². The van der Waals surface area contributed by atoms with Gasteiger partial charge in [-0.25, -0.2) is 0 Å². The SMILES string of the molecule is C/C1=C\C[C@]2(C)C(=O)C[C@@H]([C@H](C)CO[Si](C)(C)C(C)(C)C)[C@H]2C/C=C(\C)[C@@H](O)CC/C(C)=C/CC1. The summed E-state index contributed by atoms with van der Waals surface area (Å²) < 4.78 is 6.62. The molecule has 2 aliphatic rings. The zero-order valence-corrected chi connectivity index (χ0v) is 25.5. The second-order valence-corrected chi connectivity index (χ2v) is 18.3. The van der Waals surface area contributed by atoms with Crippen LogP contribution in [0.5, 0.6) is 0 Å². The first-order valence-electron chi connectivity index (χ1n) is 13.9. The van der Waals surface area contributed by atoms with E-state index < -0.39 is 14.4 Å². The van der Waals surface area contributed by atoms with Gasteiger partial charge in [0.1, 0.15) is 5.78 Å². The van der Waals surface area contributed by atoms with E-state index in [2.05, 4.69) is 86.7 Å². The van der Waals surface area contributed by atoms with Crippen molar-refractivity contribution in [2.75, 3.05) is 6.61 Å². The molecule has 0 aromatic rings. The van der Waals surface area contributed by atoms with Gasteiger partial charge in [0.05, 0.1) is 6.10 Å². The highest BCUT2D eigenvalue weighted by Crippen LogP contribution is 2.52. The fraction of sp³-hybridized carbons (Fsp3) is 0.774. The Morgan fingerprint density at radius 1 is 1.11 bits per heavy atom. The summed E-state index contributed by atoms with van der Waals surface area (Å²) in [4.78, 5) is 13.6. The highest BCUT2D eigenvalue weighted by molar-refractivity contribution is 6.74. The van der Waals surface area contributed by atoms with Gasteiger partial charge < -0.3 is 9.53 Å². The maximum Gasteiger partial charge on any atom is 0.191 e. The fourth-order valence-corrected chi connectivity index (χ4v) is 6.54. The van der Waals surface area contributed by atoms with Crippen LogP contribution in [-0.4, -0.2) is 31.9 Å². The van der Waals surface area contributed by atoms with Crippen LogP contribution >= 0.6 is 0 Å². The van der Waals surface area contributed by atoms with Crippen LogP contribution in [0.25, 0.3) is 0 Å². The molecule has 0 aliphatic heterocycles. The van der Waals surface area contributed by atoms with Gasteiger partial charge in [-0.1, -0.05) is 64.0 Å². The van der Waals surface area contributed by atoms with Crippen LogP contribution in [0.3, 0.4) is 0 Å². The van der Waals surface area contributed by atoms with Crippen molar-refractivity contribution in [2.24, 2.45) is 23.2 Å². The highest BCUT2D eigenvalue weighted by atomic mass is 28.4. The summed E-state index contributed by atoms with van der Waals surface area (Å²) in [6, 6.07) is 0. The van der Waals surface area contributed by atoms with E-state index in [9.17, 15) is 9.90 Å². The van der Waals surface area contributed by atoms with Crippen molar-refractivity contribution in [3.63, 3.8) is 0 Å². The monoisotopic (exact) mass is 502 g/mol. The number of aliphatic hydroxyl groups excluding tert-OH is 1. The number of aliphatic hydroxyl groups is 1. The number of allylic oxidation sites excluding steroid dienone is 5. The van der Waals surface area contributed by atoms with Gasteiger partial charge in [-0.15, -0.1) is 0 Å². The summed E-state index contributed by atoms with van der Waals surface area (Å²) in [5.74, 6) is 1.32. The van der Waals surface area contributed by atoms with E-state index in [-0.39, 0.29) is 16.4 Å². The summed E-state index contributed by atoms with van der Waals surface area (Å²) in [5, 5.41) is 11.0. The molecule has 1 saturated carbocycles. The third kappa shape index (κ3) is 7.76. The van der Waals surface area contributed by atoms with Gasteiger partial charge in [0.15, 0.2) is 8.32 Å². The number of fused-ring (bicyclic) bond motifs is 1. The Balaban J connectivity index is 2.33. The Bertz CT molecular complexity index is 829. The number of hydrogen-bond acceptors (Lipinski definition) is 3. The standard InChI is InChI=1S/C31H54O3Si/c1-22-12-11-13-23(2)18-19-31(8)27(16-15-24(3)28(32)17-14-22)26(20-29(31)33)25(4)21-34-35(9,10)30(5,6)7/h12,15,18,25-28,32H,11,13-14,16-17,19-21H2,1-10H3/b22-12+,23-18+,24-15+/t25-,26+,27-,28+,31+/m1/s1. The smallest absolute Gasteiger partial charge is 0.191 e. The minimum Gasteiger partial charge on any atom is -0.417 e. The summed E-state index contributed by atoms with van der Waals surface area (Å²) >= 11 is 0. The fourth-order valence-electron chi connectivity index (χ4n) is 5.42. The second kappa shape index (κ2) is 12.0. The van der Waals surface area contributed by atoms with Crippen molar-refractivity contribution >= 4 is 14.1 Å². The van der Waals surface area contributed by atoms with Crippen LogP contribution in [0.15, 0.2) is 34.9 Å². The van der Waals surface area contributed by atoms with Crippen molar-refractivity contribution in [3.8, 4) is 0 Å². The highest BCUT2D eigenvalue weighted by Gasteiger charge is 2.52. The molecule has 0 radical (unpaired) electrons. The first-order valence-corrected chi connectivity index (χ1v) is 16.8. The zero-order chi connectivity index (χ0) is 26.6. The van der Waals surface area contributed by atoms with E-state index in [1.165, 1.54) is 11.1 Å². The molecule has 0 heterocycles. The molecule has 0 spiro atoms. The van der Waals surface area contributed by atoms with E-state index in [4.69, 9.17) is 4.43 Å². The van der Waals surface area contributed by atoms with Crippen LogP contribution < -0.4 is 0 Å². The molecule has 5 atom stereocenters. The van der Waals surface area contributed by atoms with Gasteiger partial charge in [-0.2, -0.15) is 0 Å². The maximum absolute atomic E-state index is 13.6. The Hall–Kier alpha value is -0.973. The third-order valence-corrected chi connectivity index (χ3v) is 14.1. The van der Waals surface area contributed by atoms with Crippen molar-refractivity contribution in [1.82, 2.24) is 0 Å². The van der Waals surface area contributed by atoms with Crippen LogP contribution in [0.4, 0.5) is 0 Å². The van der Waals surface area contributed by atoms with Crippen LogP contribution in [0, 0.1) is 23.2 Å². The van der Waals surface area contributed by atoms with Crippen molar-refractivity contribution in [1.29, 1.82) is 0 Å². The van der Waals surface area contributed by atoms with Gasteiger partial charge in [0.25, 0.3) is 0 Å². The molecule has 4 heteroatoms. The van der Waals surface area contributed by atoms with Gasteiger partial charge in [-0.3, -0.25) is 4.79 Å². The lowest BCUT2D eigenvalue weighted by Gasteiger charge is -2.39. The van der Waals surface area contributed by atoms with Gasteiger partial charge in [0.2, 0.25) is 0 Å². The molecule has 3 nitrogen and oxygen atoms in total. The van der Waals surface area contributed by atoms with Crippen LogP contribution in [-0.2, 0) is 9.22 Å². The Morgan fingerprint density at radius 3 is 2.37 bits per heavy atom. The summed E-state index contributed by atoms with van der Waals surface area (Å²) in [6.07, 6.45) is 12.5.